The first kappa shape index (κ1) is 11.9. The molecular formula is C12H21NO3. The molecule has 0 aromatic rings. The molecule has 92 valence electrons. The van der Waals surface area contributed by atoms with Crippen LogP contribution in [0.15, 0.2) is 0 Å². The van der Waals surface area contributed by atoms with Crippen molar-refractivity contribution in [3.8, 4) is 0 Å². The number of hydrogen-bond donors (Lipinski definition) is 1. The number of esters is 1. The van der Waals surface area contributed by atoms with Crippen LogP contribution in [0.5, 0.6) is 0 Å². The van der Waals surface area contributed by atoms with E-state index in [1.807, 2.05) is 20.8 Å². The average molecular weight is 227 g/mol. The van der Waals surface area contributed by atoms with E-state index in [9.17, 15) is 4.79 Å². The second-order valence-electron chi connectivity index (χ2n) is 5.81. The quantitative estimate of drug-likeness (QED) is 0.685. The summed E-state index contributed by atoms with van der Waals surface area (Å²) in [5.41, 5.74) is -0.523. The van der Waals surface area contributed by atoms with Crippen molar-refractivity contribution in [3.63, 3.8) is 0 Å². The Morgan fingerprint density at radius 2 is 2.12 bits per heavy atom. The Bertz CT molecular complexity index is 278. The van der Waals surface area contributed by atoms with Gasteiger partial charge in [-0.15, -0.1) is 0 Å². The van der Waals surface area contributed by atoms with Crippen molar-refractivity contribution >= 4 is 5.97 Å². The molecule has 4 nitrogen and oxygen atoms in total. The van der Waals surface area contributed by atoms with Gasteiger partial charge in [0.25, 0.3) is 0 Å². The standard InChI is InChI=1S/C12H21NO3/c1-11(2,3)16-10(14)9-7-13-8-12(15-9)5-4-6-12/h9,13H,4-8H2,1-3H3. The van der Waals surface area contributed by atoms with Crippen LogP contribution in [0.25, 0.3) is 0 Å². The van der Waals surface area contributed by atoms with Gasteiger partial charge < -0.3 is 14.8 Å². The molecule has 2 fully saturated rings. The molecule has 1 aliphatic heterocycles. The van der Waals surface area contributed by atoms with Crippen LogP contribution in [0.3, 0.4) is 0 Å². The molecule has 0 radical (unpaired) electrons. The van der Waals surface area contributed by atoms with E-state index in [1.54, 1.807) is 0 Å². The van der Waals surface area contributed by atoms with Crippen molar-refractivity contribution < 1.29 is 14.3 Å². The maximum Gasteiger partial charge on any atom is 0.337 e. The Kier molecular flexibility index (Phi) is 2.97. The smallest absolute Gasteiger partial charge is 0.337 e. The van der Waals surface area contributed by atoms with Crippen LogP contribution >= 0.6 is 0 Å². The summed E-state index contributed by atoms with van der Waals surface area (Å²) in [6, 6.07) is 0. The molecule has 0 bridgehead atoms. The van der Waals surface area contributed by atoms with Crippen molar-refractivity contribution in [2.75, 3.05) is 13.1 Å². The lowest BCUT2D eigenvalue weighted by atomic mass is 9.79. The van der Waals surface area contributed by atoms with E-state index in [2.05, 4.69) is 5.32 Å². The van der Waals surface area contributed by atoms with E-state index in [4.69, 9.17) is 9.47 Å². The zero-order chi connectivity index (χ0) is 11.8. The van der Waals surface area contributed by atoms with Gasteiger partial charge in [0.05, 0.1) is 5.60 Å². The SMILES string of the molecule is CC(C)(C)OC(=O)C1CNCC2(CCC2)O1. The van der Waals surface area contributed by atoms with Gasteiger partial charge in [-0.05, 0) is 40.0 Å². The van der Waals surface area contributed by atoms with E-state index in [1.165, 1.54) is 6.42 Å². The van der Waals surface area contributed by atoms with Gasteiger partial charge in [0.15, 0.2) is 6.10 Å². The predicted octanol–water partition coefficient (Wildman–Crippen LogP) is 1.24. The van der Waals surface area contributed by atoms with Crippen molar-refractivity contribution in [1.29, 1.82) is 0 Å². The molecule has 0 aromatic carbocycles. The normalized spacial score (nSPS) is 28.6. The Morgan fingerprint density at radius 3 is 2.62 bits per heavy atom. The Labute approximate surface area is 96.7 Å². The van der Waals surface area contributed by atoms with Crippen molar-refractivity contribution in [2.45, 2.75) is 57.3 Å². The molecule has 16 heavy (non-hydrogen) atoms. The average Bonchev–Trinajstić information content (AvgIpc) is 2.13. The zero-order valence-electron chi connectivity index (χ0n) is 10.3. The first-order valence-corrected chi connectivity index (χ1v) is 6.02. The number of hydrogen-bond acceptors (Lipinski definition) is 4. The summed E-state index contributed by atoms with van der Waals surface area (Å²) >= 11 is 0. The zero-order valence-corrected chi connectivity index (χ0v) is 10.3. The third kappa shape index (κ3) is 2.55. The van der Waals surface area contributed by atoms with Gasteiger partial charge in [-0.2, -0.15) is 0 Å². The van der Waals surface area contributed by atoms with Gasteiger partial charge in [-0.1, -0.05) is 0 Å². The second kappa shape index (κ2) is 4.00. The lowest BCUT2D eigenvalue weighted by molar-refractivity contribution is -0.198. The number of ether oxygens (including phenoxy) is 2. The lowest BCUT2D eigenvalue weighted by Crippen LogP contribution is -2.59. The molecule has 1 heterocycles. The van der Waals surface area contributed by atoms with Gasteiger partial charge in [0.2, 0.25) is 0 Å². The van der Waals surface area contributed by atoms with Crippen molar-refractivity contribution in [1.82, 2.24) is 5.32 Å². The number of carbonyl (C=O) groups excluding carboxylic acids is 1. The van der Waals surface area contributed by atoms with Crippen LogP contribution in [0.1, 0.15) is 40.0 Å². The minimum atomic E-state index is -0.440. The molecule has 2 rings (SSSR count). The van der Waals surface area contributed by atoms with Crippen LogP contribution in [-0.4, -0.2) is 36.4 Å². The molecule has 0 amide bonds. The third-order valence-electron chi connectivity index (χ3n) is 3.10. The maximum absolute atomic E-state index is 11.9. The molecule has 1 atom stereocenters. The fourth-order valence-corrected chi connectivity index (χ4v) is 2.18. The van der Waals surface area contributed by atoms with Crippen LogP contribution in [0.2, 0.25) is 0 Å². The van der Waals surface area contributed by atoms with Gasteiger partial charge in [-0.25, -0.2) is 4.79 Å². The molecule has 1 spiro atoms. The van der Waals surface area contributed by atoms with E-state index in [0.29, 0.717) is 6.54 Å². The molecule has 1 N–H and O–H groups in total. The summed E-state index contributed by atoms with van der Waals surface area (Å²) < 4.78 is 11.2. The van der Waals surface area contributed by atoms with E-state index >= 15 is 0 Å². The second-order valence-corrected chi connectivity index (χ2v) is 5.81. The van der Waals surface area contributed by atoms with E-state index < -0.39 is 11.7 Å². The van der Waals surface area contributed by atoms with Gasteiger partial charge in [0, 0.05) is 13.1 Å². The number of carbonyl (C=O) groups is 1. The van der Waals surface area contributed by atoms with E-state index in [-0.39, 0.29) is 11.6 Å². The Balaban J connectivity index is 1.91. The van der Waals surface area contributed by atoms with Gasteiger partial charge in [-0.3, -0.25) is 0 Å². The molecule has 1 unspecified atom stereocenters. The fraction of sp³-hybridized carbons (Fsp3) is 0.917. The van der Waals surface area contributed by atoms with Crippen LogP contribution in [-0.2, 0) is 14.3 Å². The molecule has 0 aromatic heterocycles. The highest BCUT2D eigenvalue weighted by Crippen LogP contribution is 2.37. The summed E-state index contributed by atoms with van der Waals surface area (Å²) in [6.45, 7) is 7.06. The first-order chi connectivity index (χ1) is 7.40. The maximum atomic E-state index is 11.9. The minimum Gasteiger partial charge on any atom is -0.458 e. The number of rotatable bonds is 1. The Morgan fingerprint density at radius 1 is 1.44 bits per heavy atom. The first-order valence-electron chi connectivity index (χ1n) is 6.02. The van der Waals surface area contributed by atoms with Gasteiger partial charge in [0.1, 0.15) is 5.60 Å². The minimum absolute atomic E-state index is 0.0835. The topological polar surface area (TPSA) is 47.6 Å². The molecular weight excluding hydrogens is 206 g/mol. The molecule has 1 aliphatic carbocycles. The van der Waals surface area contributed by atoms with Crippen molar-refractivity contribution in [3.05, 3.63) is 0 Å². The number of nitrogens with one attached hydrogen (secondary N) is 1. The summed E-state index contributed by atoms with van der Waals surface area (Å²) in [5.74, 6) is -0.244. The highest BCUT2D eigenvalue weighted by atomic mass is 16.6. The summed E-state index contributed by atoms with van der Waals surface area (Å²) in [4.78, 5) is 11.9. The molecule has 2 aliphatic rings. The van der Waals surface area contributed by atoms with Crippen molar-refractivity contribution in [2.24, 2.45) is 0 Å². The largest absolute Gasteiger partial charge is 0.458 e. The summed E-state index contributed by atoms with van der Waals surface area (Å²) in [5, 5.41) is 3.27. The molecule has 1 saturated carbocycles. The number of morpholine rings is 1. The third-order valence-corrected chi connectivity index (χ3v) is 3.10. The molecule has 1 saturated heterocycles. The molecule has 4 heteroatoms. The van der Waals surface area contributed by atoms with Crippen LogP contribution < -0.4 is 5.32 Å². The van der Waals surface area contributed by atoms with Crippen LogP contribution in [0.4, 0.5) is 0 Å². The predicted molar refractivity (Wildman–Crippen MR) is 60.2 cm³/mol. The fourth-order valence-electron chi connectivity index (χ4n) is 2.18. The lowest BCUT2D eigenvalue weighted by Gasteiger charge is -2.47. The monoisotopic (exact) mass is 227 g/mol. The van der Waals surface area contributed by atoms with E-state index in [0.717, 1.165) is 19.4 Å². The van der Waals surface area contributed by atoms with Gasteiger partial charge >= 0.3 is 5.97 Å². The Hall–Kier alpha value is -0.610. The van der Waals surface area contributed by atoms with Crippen LogP contribution in [0, 0.1) is 0 Å². The summed E-state index contributed by atoms with van der Waals surface area (Å²) in [7, 11) is 0. The highest BCUT2D eigenvalue weighted by molar-refractivity contribution is 5.75. The highest BCUT2D eigenvalue weighted by Gasteiger charge is 2.45. The summed E-state index contributed by atoms with van der Waals surface area (Å²) in [6.07, 6.45) is 2.87.